The first-order valence-electron chi connectivity index (χ1n) is 6.09. The minimum absolute atomic E-state index is 0.401. The van der Waals surface area contributed by atoms with Gasteiger partial charge in [-0.2, -0.15) is 0 Å². The summed E-state index contributed by atoms with van der Waals surface area (Å²) < 4.78 is 0. The molecule has 19 heavy (non-hydrogen) atoms. The molecule has 1 nitrogen and oxygen atoms in total. The van der Waals surface area contributed by atoms with Crippen molar-refractivity contribution in [2.75, 3.05) is 0 Å². The van der Waals surface area contributed by atoms with E-state index in [0.29, 0.717) is 5.03 Å². The highest BCUT2D eigenvalue weighted by Crippen LogP contribution is 2.24. The summed E-state index contributed by atoms with van der Waals surface area (Å²) in [6.45, 7) is 0. The van der Waals surface area contributed by atoms with Crippen LogP contribution in [0.1, 0.15) is 17.2 Å². The highest BCUT2D eigenvalue weighted by molar-refractivity contribution is 6.30. The Hall–Kier alpha value is -1.83. The van der Waals surface area contributed by atoms with Crippen molar-refractivity contribution in [2.45, 2.75) is 6.10 Å². The number of aliphatic hydroxyl groups is 1. The molecule has 0 aliphatic rings. The fourth-order valence-corrected chi connectivity index (χ4v) is 1.90. The predicted octanol–water partition coefficient (Wildman–Crippen LogP) is 4.56. The number of hydrogen-bond donors (Lipinski definition) is 1. The van der Waals surface area contributed by atoms with Crippen LogP contribution in [0.3, 0.4) is 0 Å². The van der Waals surface area contributed by atoms with Crippen LogP contribution >= 0.6 is 11.6 Å². The van der Waals surface area contributed by atoms with E-state index in [1.165, 1.54) is 0 Å². The molecule has 1 unspecified atom stereocenters. The molecule has 0 fully saturated rings. The normalized spacial score (nSPS) is 13.7. The van der Waals surface area contributed by atoms with Gasteiger partial charge in [-0.25, -0.2) is 0 Å². The standard InChI is InChI=1S/C17H15ClO/c18-16(17(19)15-11-5-2-6-12-15)13-7-10-14-8-3-1-4-9-14/h1-13,17,19H/b10-7+,16-13-. The van der Waals surface area contributed by atoms with Gasteiger partial charge in [0.2, 0.25) is 0 Å². The number of aliphatic hydroxyl groups excluding tert-OH is 1. The molecule has 1 N–H and O–H groups in total. The van der Waals surface area contributed by atoms with Crippen LogP contribution in [-0.2, 0) is 0 Å². The van der Waals surface area contributed by atoms with Gasteiger partial charge in [-0.1, -0.05) is 84.4 Å². The first kappa shape index (κ1) is 13.6. The van der Waals surface area contributed by atoms with Crippen molar-refractivity contribution in [3.63, 3.8) is 0 Å². The van der Waals surface area contributed by atoms with Crippen LogP contribution in [0.2, 0.25) is 0 Å². The molecule has 2 aromatic rings. The smallest absolute Gasteiger partial charge is 0.115 e. The summed E-state index contributed by atoms with van der Waals surface area (Å²) in [4.78, 5) is 0. The lowest BCUT2D eigenvalue weighted by molar-refractivity contribution is 0.224. The molecule has 0 heterocycles. The molecule has 0 spiro atoms. The van der Waals surface area contributed by atoms with Crippen LogP contribution < -0.4 is 0 Å². The number of hydrogen-bond acceptors (Lipinski definition) is 1. The second-order valence-corrected chi connectivity index (χ2v) is 4.57. The van der Waals surface area contributed by atoms with Gasteiger partial charge in [-0.15, -0.1) is 0 Å². The molecule has 96 valence electrons. The minimum atomic E-state index is -0.775. The van der Waals surface area contributed by atoms with E-state index in [1.807, 2.05) is 72.8 Å². The number of rotatable bonds is 4. The van der Waals surface area contributed by atoms with E-state index >= 15 is 0 Å². The Labute approximate surface area is 118 Å². The van der Waals surface area contributed by atoms with Gasteiger partial charge in [0.05, 0.1) is 5.03 Å². The summed E-state index contributed by atoms with van der Waals surface area (Å²) in [5, 5.41) is 10.5. The molecule has 2 aromatic carbocycles. The average Bonchev–Trinajstić information content (AvgIpc) is 2.48. The van der Waals surface area contributed by atoms with E-state index in [0.717, 1.165) is 11.1 Å². The lowest BCUT2D eigenvalue weighted by Crippen LogP contribution is -1.96. The quantitative estimate of drug-likeness (QED) is 0.808. The summed E-state index contributed by atoms with van der Waals surface area (Å²) in [5.74, 6) is 0. The van der Waals surface area contributed by atoms with Crippen LogP contribution in [0.5, 0.6) is 0 Å². The Kier molecular flexibility index (Phi) is 4.96. The molecular formula is C17H15ClO. The second kappa shape index (κ2) is 6.93. The largest absolute Gasteiger partial charge is 0.383 e. The number of allylic oxidation sites excluding steroid dienone is 2. The van der Waals surface area contributed by atoms with Gasteiger partial charge in [0.1, 0.15) is 6.10 Å². The first-order chi connectivity index (χ1) is 9.27. The maximum Gasteiger partial charge on any atom is 0.115 e. The lowest BCUT2D eigenvalue weighted by Gasteiger charge is -2.08. The third-order valence-corrected chi connectivity index (χ3v) is 3.05. The topological polar surface area (TPSA) is 20.2 Å². The van der Waals surface area contributed by atoms with Gasteiger partial charge in [-0.05, 0) is 17.2 Å². The summed E-state index contributed by atoms with van der Waals surface area (Å²) in [5.41, 5.74) is 1.88. The van der Waals surface area contributed by atoms with Crippen molar-refractivity contribution < 1.29 is 5.11 Å². The lowest BCUT2D eigenvalue weighted by atomic mass is 10.1. The molecule has 0 amide bonds. The Balaban J connectivity index is 2.05. The van der Waals surface area contributed by atoms with Gasteiger partial charge in [0.25, 0.3) is 0 Å². The Morgan fingerprint density at radius 3 is 2.16 bits per heavy atom. The molecule has 0 aliphatic carbocycles. The fourth-order valence-electron chi connectivity index (χ4n) is 1.70. The van der Waals surface area contributed by atoms with E-state index < -0.39 is 6.10 Å². The van der Waals surface area contributed by atoms with Crippen LogP contribution in [0, 0.1) is 0 Å². The molecular weight excluding hydrogens is 256 g/mol. The molecule has 0 aromatic heterocycles. The third-order valence-electron chi connectivity index (χ3n) is 2.72. The molecule has 0 aliphatic heterocycles. The summed E-state index contributed by atoms with van der Waals surface area (Å²) in [6, 6.07) is 19.3. The fraction of sp³-hybridized carbons (Fsp3) is 0.0588. The zero-order valence-corrected chi connectivity index (χ0v) is 11.2. The summed E-state index contributed by atoms with van der Waals surface area (Å²) in [6.07, 6.45) is 4.72. The van der Waals surface area contributed by atoms with E-state index in [-0.39, 0.29) is 0 Å². The zero-order chi connectivity index (χ0) is 13.5. The van der Waals surface area contributed by atoms with Crippen LogP contribution in [-0.4, -0.2) is 5.11 Å². The third kappa shape index (κ3) is 4.09. The van der Waals surface area contributed by atoms with Crippen molar-refractivity contribution >= 4 is 17.7 Å². The predicted molar refractivity (Wildman–Crippen MR) is 80.8 cm³/mol. The summed E-state index contributed by atoms with van der Waals surface area (Å²) in [7, 11) is 0. The second-order valence-electron chi connectivity index (χ2n) is 4.13. The van der Waals surface area contributed by atoms with E-state index in [4.69, 9.17) is 11.6 Å². The molecule has 0 saturated carbocycles. The molecule has 1 atom stereocenters. The van der Waals surface area contributed by atoms with Gasteiger partial charge in [0, 0.05) is 0 Å². The molecule has 0 radical (unpaired) electrons. The minimum Gasteiger partial charge on any atom is -0.383 e. The van der Waals surface area contributed by atoms with Crippen molar-refractivity contribution in [1.82, 2.24) is 0 Å². The highest BCUT2D eigenvalue weighted by Gasteiger charge is 2.09. The van der Waals surface area contributed by atoms with Gasteiger partial charge >= 0.3 is 0 Å². The molecule has 0 bridgehead atoms. The monoisotopic (exact) mass is 270 g/mol. The maximum atomic E-state index is 10.1. The Morgan fingerprint density at radius 2 is 1.53 bits per heavy atom. The Bertz CT molecular complexity index is 558. The van der Waals surface area contributed by atoms with Crippen molar-refractivity contribution in [2.24, 2.45) is 0 Å². The highest BCUT2D eigenvalue weighted by atomic mass is 35.5. The van der Waals surface area contributed by atoms with E-state index in [9.17, 15) is 5.11 Å². The number of halogens is 1. The van der Waals surface area contributed by atoms with Crippen molar-refractivity contribution in [3.05, 3.63) is 89.0 Å². The van der Waals surface area contributed by atoms with Crippen molar-refractivity contribution in [1.29, 1.82) is 0 Å². The molecule has 0 saturated heterocycles. The Morgan fingerprint density at radius 1 is 0.947 bits per heavy atom. The SMILES string of the molecule is OC(/C(Cl)=C/C=C/c1ccccc1)c1ccccc1. The van der Waals surface area contributed by atoms with Crippen molar-refractivity contribution in [3.8, 4) is 0 Å². The average molecular weight is 271 g/mol. The zero-order valence-electron chi connectivity index (χ0n) is 10.4. The van der Waals surface area contributed by atoms with Gasteiger partial charge in [0.15, 0.2) is 0 Å². The molecule has 2 rings (SSSR count). The van der Waals surface area contributed by atoms with Gasteiger partial charge in [-0.3, -0.25) is 0 Å². The van der Waals surface area contributed by atoms with Crippen LogP contribution in [0.15, 0.2) is 77.8 Å². The maximum absolute atomic E-state index is 10.1. The number of benzene rings is 2. The van der Waals surface area contributed by atoms with E-state index in [2.05, 4.69) is 0 Å². The van der Waals surface area contributed by atoms with Crippen LogP contribution in [0.4, 0.5) is 0 Å². The van der Waals surface area contributed by atoms with Crippen LogP contribution in [0.25, 0.3) is 6.08 Å². The summed E-state index contributed by atoms with van der Waals surface area (Å²) >= 11 is 6.09. The van der Waals surface area contributed by atoms with E-state index in [1.54, 1.807) is 6.08 Å². The molecule has 2 heteroatoms. The first-order valence-corrected chi connectivity index (χ1v) is 6.47. The van der Waals surface area contributed by atoms with Gasteiger partial charge < -0.3 is 5.11 Å².